The molecular formula is C33H41ClN2O3. The first-order valence-corrected chi connectivity index (χ1v) is 14.4. The van der Waals surface area contributed by atoms with Crippen molar-refractivity contribution in [2.24, 2.45) is 11.7 Å². The number of benzene rings is 3. The molecule has 5 nitrogen and oxygen atoms in total. The number of carbonyl (C=O) groups is 1. The van der Waals surface area contributed by atoms with E-state index in [1.165, 1.54) is 11.1 Å². The molecule has 0 saturated carbocycles. The van der Waals surface area contributed by atoms with Crippen LogP contribution in [-0.4, -0.2) is 42.7 Å². The van der Waals surface area contributed by atoms with Crippen LogP contribution in [0.15, 0.2) is 66.7 Å². The molecular weight excluding hydrogens is 508 g/mol. The number of carbonyl (C=O) groups excluding carboxylic acids is 1. The van der Waals surface area contributed by atoms with Gasteiger partial charge in [0.1, 0.15) is 0 Å². The smallest absolute Gasteiger partial charge is 0.253 e. The maximum Gasteiger partial charge on any atom is 0.253 e. The minimum absolute atomic E-state index is 0.00349. The monoisotopic (exact) mass is 548 g/mol. The summed E-state index contributed by atoms with van der Waals surface area (Å²) in [5.41, 5.74) is 10.5. The number of nitrogens with two attached hydrogens (primary N) is 1. The van der Waals surface area contributed by atoms with E-state index in [-0.39, 0.29) is 11.8 Å². The summed E-state index contributed by atoms with van der Waals surface area (Å²) in [5.74, 6) is -0.119. The Bertz CT molecular complexity index is 1250. The molecule has 6 heteroatoms. The van der Waals surface area contributed by atoms with Crippen LogP contribution in [0.2, 0.25) is 5.02 Å². The van der Waals surface area contributed by atoms with Crippen LogP contribution >= 0.6 is 11.6 Å². The zero-order valence-corrected chi connectivity index (χ0v) is 23.9. The molecule has 1 aliphatic heterocycles. The van der Waals surface area contributed by atoms with Crippen LogP contribution in [0.25, 0.3) is 0 Å². The topological polar surface area (TPSA) is 75.8 Å². The number of piperidine rings is 1. The van der Waals surface area contributed by atoms with Gasteiger partial charge in [0.2, 0.25) is 0 Å². The summed E-state index contributed by atoms with van der Waals surface area (Å²) in [6.07, 6.45) is 4.57. The number of hydrogen-bond donors (Lipinski definition) is 2. The van der Waals surface area contributed by atoms with E-state index in [4.69, 9.17) is 22.1 Å². The maximum absolute atomic E-state index is 13.5. The lowest BCUT2D eigenvalue weighted by Crippen LogP contribution is -2.48. The van der Waals surface area contributed by atoms with Gasteiger partial charge in [0.25, 0.3) is 5.91 Å². The highest BCUT2D eigenvalue weighted by Crippen LogP contribution is 2.43. The Hall–Kier alpha value is -2.70. The number of aliphatic hydroxyl groups is 1. The highest BCUT2D eigenvalue weighted by Gasteiger charge is 2.42. The van der Waals surface area contributed by atoms with Crippen molar-refractivity contribution in [3.8, 4) is 0 Å². The minimum Gasteiger partial charge on any atom is -0.385 e. The molecule has 0 aromatic heterocycles. The highest BCUT2D eigenvalue weighted by atomic mass is 35.5. The van der Waals surface area contributed by atoms with Gasteiger partial charge in [-0.2, -0.15) is 0 Å². The summed E-state index contributed by atoms with van der Waals surface area (Å²) in [7, 11) is 1.70. The Morgan fingerprint density at radius 2 is 1.87 bits per heavy atom. The normalized spacial score (nSPS) is 17.2. The third-order valence-electron chi connectivity index (χ3n) is 8.19. The van der Waals surface area contributed by atoms with Gasteiger partial charge in [0.05, 0.1) is 5.60 Å². The van der Waals surface area contributed by atoms with Crippen molar-refractivity contribution in [3.05, 3.63) is 105 Å². The largest absolute Gasteiger partial charge is 0.385 e. The number of unbranched alkanes of at least 4 members (excludes halogenated alkanes) is 1. The first kappa shape index (κ1) is 29.3. The average Bonchev–Trinajstić information content (AvgIpc) is 2.97. The average molecular weight is 549 g/mol. The number of nitrogens with zero attached hydrogens (tertiary/aromatic N) is 1. The molecule has 1 heterocycles. The molecule has 3 N–H and O–H groups in total. The third kappa shape index (κ3) is 6.90. The second-order valence-corrected chi connectivity index (χ2v) is 11.1. The Morgan fingerprint density at radius 1 is 1.10 bits per heavy atom. The highest BCUT2D eigenvalue weighted by molar-refractivity contribution is 6.31. The summed E-state index contributed by atoms with van der Waals surface area (Å²) < 4.78 is 5.29. The molecule has 0 radical (unpaired) electrons. The molecule has 0 unspecified atom stereocenters. The molecule has 208 valence electrons. The van der Waals surface area contributed by atoms with Crippen molar-refractivity contribution in [2.45, 2.75) is 57.6 Å². The molecule has 3 aromatic rings. The van der Waals surface area contributed by atoms with E-state index >= 15 is 0 Å². The zero-order valence-electron chi connectivity index (χ0n) is 23.2. The summed E-state index contributed by atoms with van der Waals surface area (Å²) in [5, 5.41) is 13.3. The van der Waals surface area contributed by atoms with E-state index < -0.39 is 5.60 Å². The maximum atomic E-state index is 13.5. The van der Waals surface area contributed by atoms with Gasteiger partial charge in [0, 0.05) is 49.9 Å². The lowest BCUT2D eigenvalue weighted by molar-refractivity contribution is -0.0583. The number of methoxy groups -OCH3 is 1. The Balaban J connectivity index is 1.67. The minimum atomic E-state index is -1.13. The van der Waals surface area contributed by atoms with Crippen molar-refractivity contribution in [2.75, 3.05) is 26.8 Å². The summed E-state index contributed by atoms with van der Waals surface area (Å²) in [4.78, 5) is 15.4. The van der Waals surface area contributed by atoms with Crippen LogP contribution in [0.4, 0.5) is 0 Å². The number of amides is 1. The van der Waals surface area contributed by atoms with E-state index in [9.17, 15) is 9.90 Å². The molecule has 0 spiro atoms. The van der Waals surface area contributed by atoms with E-state index in [2.05, 4.69) is 19.1 Å². The number of hydrogen-bond acceptors (Lipinski definition) is 4. The fourth-order valence-electron chi connectivity index (χ4n) is 5.86. The number of ether oxygens (including phenoxy) is 1. The van der Waals surface area contributed by atoms with E-state index in [0.29, 0.717) is 49.7 Å². The number of likely N-dealkylation sites (tertiary alicyclic amines) is 1. The number of aryl methyl sites for hydroxylation is 1. The number of halogens is 1. The van der Waals surface area contributed by atoms with Gasteiger partial charge < -0.3 is 20.5 Å². The molecule has 2 atom stereocenters. The lowest BCUT2D eigenvalue weighted by Gasteiger charge is -2.44. The predicted octanol–water partition coefficient (Wildman–Crippen LogP) is 6.25. The van der Waals surface area contributed by atoms with Gasteiger partial charge in [-0.15, -0.1) is 0 Å². The molecule has 39 heavy (non-hydrogen) atoms. The quantitative estimate of drug-likeness (QED) is 0.277. The second kappa shape index (κ2) is 13.6. The molecule has 1 fully saturated rings. The van der Waals surface area contributed by atoms with E-state index in [0.717, 1.165) is 42.4 Å². The van der Waals surface area contributed by atoms with Gasteiger partial charge in [-0.05, 0) is 91.5 Å². The Morgan fingerprint density at radius 3 is 2.59 bits per heavy atom. The Kier molecular flexibility index (Phi) is 10.2. The predicted molar refractivity (Wildman–Crippen MR) is 158 cm³/mol. The van der Waals surface area contributed by atoms with Crippen molar-refractivity contribution >= 4 is 17.5 Å². The lowest BCUT2D eigenvalue weighted by atomic mass is 9.72. The Labute approximate surface area is 237 Å². The summed E-state index contributed by atoms with van der Waals surface area (Å²) in [6.45, 7) is 4.37. The van der Waals surface area contributed by atoms with Gasteiger partial charge in [0.15, 0.2) is 0 Å². The number of rotatable bonds is 11. The molecule has 1 amide bonds. The zero-order chi connectivity index (χ0) is 27.8. The molecule has 1 saturated heterocycles. The van der Waals surface area contributed by atoms with Crippen molar-refractivity contribution in [1.82, 2.24) is 4.90 Å². The molecule has 0 bridgehead atoms. The van der Waals surface area contributed by atoms with Crippen LogP contribution in [0, 0.1) is 12.8 Å². The molecule has 3 aromatic carbocycles. The van der Waals surface area contributed by atoms with Crippen LogP contribution in [0.1, 0.15) is 70.3 Å². The molecule has 1 aliphatic rings. The standard InChI is InChI=1S/C33H41ClN2O3/c1-24-9-3-4-10-27(24)21-29-30(12-7-13-31(29)34)33(38,18-5-6-20-39-2)28-11-8-19-36(23-28)32(37)26-16-14-25(22-35)15-17-26/h3-4,7,9-10,12-17,28,38H,5-6,8,11,18-23,35H2,1-2H3/t28-,33+/m1/s1. The van der Waals surface area contributed by atoms with Crippen molar-refractivity contribution in [1.29, 1.82) is 0 Å². The van der Waals surface area contributed by atoms with E-state index in [1.54, 1.807) is 7.11 Å². The van der Waals surface area contributed by atoms with Gasteiger partial charge in [-0.3, -0.25) is 4.79 Å². The van der Waals surface area contributed by atoms with E-state index in [1.807, 2.05) is 59.5 Å². The van der Waals surface area contributed by atoms with Crippen molar-refractivity contribution in [3.63, 3.8) is 0 Å². The first-order chi connectivity index (χ1) is 18.9. The molecule has 4 rings (SSSR count). The summed E-state index contributed by atoms with van der Waals surface area (Å²) in [6, 6.07) is 21.7. The van der Waals surface area contributed by atoms with Crippen LogP contribution < -0.4 is 5.73 Å². The summed E-state index contributed by atoms with van der Waals surface area (Å²) >= 11 is 6.84. The van der Waals surface area contributed by atoms with Gasteiger partial charge >= 0.3 is 0 Å². The fraction of sp³-hybridized carbons (Fsp3) is 0.424. The van der Waals surface area contributed by atoms with Crippen LogP contribution in [-0.2, 0) is 23.3 Å². The van der Waals surface area contributed by atoms with Gasteiger partial charge in [-0.1, -0.05) is 60.1 Å². The van der Waals surface area contributed by atoms with Crippen molar-refractivity contribution < 1.29 is 14.6 Å². The second-order valence-electron chi connectivity index (χ2n) is 10.7. The fourth-order valence-corrected chi connectivity index (χ4v) is 6.10. The molecule has 0 aliphatic carbocycles. The van der Waals surface area contributed by atoms with Crippen LogP contribution in [0.3, 0.4) is 0 Å². The SMILES string of the molecule is COCCCC[C@@](O)(c1cccc(Cl)c1Cc1ccccc1C)[C@@H]1CCCN(C(=O)c2ccc(CN)cc2)C1. The van der Waals surface area contributed by atoms with Gasteiger partial charge in [-0.25, -0.2) is 0 Å². The first-order valence-electron chi connectivity index (χ1n) is 14.0. The van der Waals surface area contributed by atoms with Crippen LogP contribution in [0.5, 0.6) is 0 Å². The third-order valence-corrected chi connectivity index (χ3v) is 8.54.